The Bertz CT molecular complexity index is 957. The number of piperidine rings is 1. The lowest BCUT2D eigenvalue weighted by atomic mass is 9.93. The maximum Gasteiger partial charge on any atom is 0.416 e. The zero-order valence-corrected chi connectivity index (χ0v) is 17.7. The average Bonchev–Trinajstić information content (AvgIpc) is 2.79. The van der Waals surface area contributed by atoms with E-state index in [1.54, 1.807) is 13.0 Å². The van der Waals surface area contributed by atoms with Gasteiger partial charge in [0, 0.05) is 51.3 Å². The number of nitrogens with zero attached hydrogens (tertiary/aromatic N) is 5. The van der Waals surface area contributed by atoms with Crippen molar-refractivity contribution in [2.45, 2.75) is 31.9 Å². The Kier molecular flexibility index (Phi) is 6.45. The summed E-state index contributed by atoms with van der Waals surface area (Å²) in [6.07, 6.45) is -1.81. The lowest BCUT2D eigenvalue weighted by Crippen LogP contribution is -2.38. The summed E-state index contributed by atoms with van der Waals surface area (Å²) in [5.74, 6) is 1.14. The minimum absolute atomic E-state index is 0.0538. The predicted octanol–water partition coefficient (Wildman–Crippen LogP) is 3.20. The zero-order valence-electron chi connectivity index (χ0n) is 17.7. The van der Waals surface area contributed by atoms with Crippen molar-refractivity contribution in [2.75, 3.05) is 49.6 Å². The van der Waals surface area contributed by atoms with Gasteiger partial charge in [-0.15, -0.1) is 0 Å². The highest BCUT2D eigenvalue weighted by molar-refractivity contribution is 5.73. The smallest absolute Gasteiger partial charge is 0.378 e. The van der Waals surface area contributed by atoms with Gasteiger partial charge in [0.25, 0.3) is 0 Å². The van der Waals surface area contributed by atoms with Crippen molar-refractivity contribution in [1.29, 1.82) is 0 Å². The number of likely N-dealkylation sites (tertiary alicyclic amines) is 1. The number of amides is 1. The molecule has 2 aliphatic rings. The molecular weight excluding hydrogens is 425 g/mol. The number of hydrogen-bond acceptors (Lipinski definition) is 7. The van der Waals surface area contributed by atoms with E-state index in [9.17, 15) is 18.0 Å². The van der Waals surface area contributed by atoms with E-state index in [0.717, 1.165) is 36.9 Å². The Morgan fingerprint density at radius 2 is 1.81 bits per heavy atom. The minimum atomic E-state index is -4.46. The SMILES string of the molecule is CC(=O)N1CCC(c2cc(Nc3cc(C(F)(F)F)ccn3)nc(N3CCOCC3)n2)CC1. The number of halogens is 3. The molecule has 1 N–H and O–H groups in total. The van der Waals surface area contributed by atoms with E-state index < -0.39 is 11.7 Å². The number of morpholine rings is 1. The summed E-state index contributed by atoms with van der Waals surface area (Å²) in [5, 5.41) is 2.92. The summed E-state index contributed by atoms with van der Waals surface area (Å²) in [4.78, 5) is 28.8. The van der Waals surface area contributed by atoms with Crippen molar-refractivity contribution >= 4 is 23.5 Å². The van der Waals surface area contributed by atoms with E-state index in [1.807, 2.05) is 9.80 Å². The number of pyridine rings is 1. The molecule has 0 saturated carbocycles. The molecule has 2 aromatic heterocycles. The molecule has 2 aromatic rings. The van der Waals surface area contributed by atoms with Crippen molar-refractivity contribution in [1.82, 2.24) is 19.9 Å². The van der Waals surface area contributed by atoms with E-state index in [-0.39, 0.29) is 17.6 Å². The fourth-order valence-electron chi connectivity index (χ4n) is 3.93. The van der Waals surface area contributed by atoms with Gasteiger partial charge in [-0.3, -0.25) is 4.79 Å². The van der Waals surface area contributed by atoms with Crippen molar-refractivity contribution in [3.8, 4) is 0 Å². The summed E-state index contributed by atoms with van der Waals surface area (Å²) in [6, 6.07) is 3.65. The summed E-state index contributed by atoms with van der Waals surface area (Å²) in [6.45, 7) is 5.24. The van der Waals surface area contributed by atoms with Crippen LogP contribution in [0.1, 0.15) is 36.9 Å². The van der Waals surface area contributed by atoms with E-state index in [1.165, 1.54) is 0 Å². The topological polar surface area (TPSA) is 83.5 Å². The van der Waals surface area contributed by atoms with Gasteiger partial charge in [-0.25, -0.2) is 9.97 Å². The third kappa shape index (κ3) is 5.26. The largest absolute Gasteiger partial charge is 0.416 e. The van der Waals surface area contributed by atoms with Gasteiger partial charge in [0.2, 0.25) is 11.9 Å². The molecule has 0 atom stereocenters. The lowest BCUT2D eigenvalue weighted by Gasteiger charge is -2.32. The van der Waals surface area contributed by atoms with Gasteiger partial charge < -0.3 is 19.9 Å². The molecule has 0 spiro atoms. The van der Waals surface area contributed by atoms with E-state index in [4.69, 9.17) is 9.72 Å². The number of aromatic nitrogens is 3. The lowest BCUT2D eigenvalue weighted by molar-refractivity contribution is -0.137. The standard InChI is InChI=1S/C21H25F3N6O2/c1-14(31)29-6-3-15(4-7-29)17-13-19(28-20(26-17)30-8-10-32-11-9-30)27-18-12-16(2-5-25-18)21(22,23)24/h2,5,12-13,15H,3-4,6-11H2,1H3,(H,25,26,27,28). The molecule has 8 nitrogen and oxygen atoms in total. The van der Waals surface area contributed by atoms with Crippen molar-refractivity contribution in [3.63, 3.8) is 0 Å². The van der Waals surface area contributed by atoms with Crippen molar-refractivity contribution in [2.24, 2.45) is 0 Å². The van der Waals surface area contributed by atoms with Gasteiger partial charge in [0.1, 0.15) is 11.6 Å². The van der Waals surface area contributed by atoms with Gasteiger partial charge in [-0.1, -0.05) is 0 Å². The minimum Gasteiger partial charge on any atom is -0.378 e. The van der Waals surface area contributed by atoms with Crippen LogP contribution in [0.3, 0.4) is 0 Å². The highest BCUT2D eigenvalue weighted by Crippen LogP contribution is 2.32. The monoisotopic (exact) mass is 450 g/mol. The quantitative estimate of drug-likeness (QED) is 0.766. The second kappa shape index (κ2) is 9.27. The highest BCUT2D eigenvalue weighted by Gasteiger charge is 2.31. The second-order valence-electron chi connectivity index (χ2n) is 7.91. The summed E-state index contributed by atoms with van der Waals surface area (Å²) < 4.78 is 44.7. The van der Waals surface area contributed by atoms with Gasteiger partial charge in [-0.2, -0.15) is 18.2 Å². The molecule has 4 heterocycles. The van der Waals surface area contributed by atoms with E-state index in [2.05, 4.69) is 15.3 Å². The van der Waals surface area contributed by atoms with E-state index >= 15 is 0 Å². The third-order valence-electron chi connectivity index (χ3n) is 5.73. The summed E-state index contributed by atoms with van der Waals surface area (Å²) in [7, 11) is 0. The van der Waals surface area contributed by atoms with Crippen molar-refractivity contribution in [3.05, 3.63) is 35.7 Å². The zero-order chi connectivity index (χ0) is 22.7. The first-order valence-electron chi connectivity index (χ1n) is 10.6. The third-order valence-corrected chi connectivity index (χ3v) is 5.73. The van der Waals surface area contributed by atoms with Crippen LogP contribution in [0.15, 0.2) is 24.4 Å². The molecule has 4 rings (SSSR count). The molecule has 32 heavy (non-hydrogen) atoms. The molecular formula is C21H25F3N6O2. The number of alkyl halides is 3. The number of carbonyl (C=O) groups excluding carboxylic acids is 1. The molecule has 0 aromatic carbocycles. The molecule has 0 unspecified atom stereocenters. The fourth-order valence-corrected chi connectivity index (χ4v) is 3.93. The first kappa shape index (κ1) is 22.3. The second-order valence-corrected chi connectivity index (χ2v) is 7.91. The van der Waals surface area contributed by atoms with Crippen LogP contribution < -0.4 is 10.2 Å². The molecule has 1 amide bonds. The first-order chi connectivity index (χ1) is 15.3. The average molecular weight is 450 g/mol. The Balaban J connectivity index is 1.61. The van der Waals surface area contributed by atoms with Crippen LogP contribution in [0.25, 0.3) is 0 Å². The van der Waals surface area contributed by atoms with Crippen LogP contribution in [0.5, 0.6) is 0 Å². The Hall–Kier alpha value is -2.95. The number of ether oxygens (including phenoxy) is 1. The van der Waals surface area contributed by atoms with Gasteiger partial charge in [0.15, 0.2) is 0 Å². The van der Waals surface area contributed by atoms with Gasteiger partial charge in [0.05, 0.1) is 24.5 Å². The number of carbonyl (C=O) groups is 1. The maximum atomic E-state index is 13.1. The molecule has 172 valence electrons. The number of anilines is 3. The van der Waals surface area contributed by atoms with Crippen LogP contribution >= 0.6 is 0 Å². The van der Waals surface area contributed by atoms with Gasteiger partial charge in [-0.05, 0) is 25.0 Å². The van der Waals surface area contributed by atoms with Crippen LogP contribution in [-0.4, -0.2) is 65.2 Å². The Morgan fingerprint density at radius 1 is 1.09 bits per heavy atom. The molecule has 0 aliphatic carbocycles. The molecule has 0 bridgehead atoms. The highest BCUT2D eigenvalue weighted by atomic mass is 19.4. The van der Waals surface area contributed by atoms with Crippen LogP contribution in [0, 0.1) is 0 Å². The predicted molar refractivity (Wildman–Crippen MR) is 112 cm³/mol. The fraction of sp³-hybridized carbons (Fsp3) is 0.524. The molecule has 2 saturated heterocycles. The maximum absolute atomic E-state index is 13.1. The molecule has 0 radical (unpaired) electrons. The van der Waals surface area contributed by atoms with Gasteiger partial charge >= 0.3 is 6.18 Å². The summed E-state index contributed by atoms with van der Waals surface area (Å²) >= 11 is 0. The molecule has 2 fully saturated rings. The number of nitrogens with one attached hydrogen (secondary N) is 1. The van der Waals surface area contributed by atoms with E-state index in [0.29, 0.717) is 51.2 Å². The van der Waals surface area contributed by atoms with Crippen LogP contribution in [-0.2, 0) is 15.7 Å². The Labute approximate surface area is 183 Å². The number of hydrogen-bond donors (Lipinski definition) is 1. The molecule has 11 heteroatoms. The van der Waals surface area contributed by atoms with Crippen molar-refractivity contribution < 1.29 is 22.7 Å². The number of rotatable bonds is 4. The molecule has 2 aliphatic heterocycles. The van der Waals surface area contributed by atoms with Crippen LogP contribution in [0.4, 0.5) is 30.8 Å². The summed E-state index contributed by atoms with van der Waals surface area (Å²) in [5.41, 5.74) is 0.0217. The van der Waals surface area contributed by atoms with Crippen LogP contribution in [0.2, 0.25) is 0 Å². The first-order valence-corrected chi connectivity index (χ1v) is 10.6. The Morgan fingerprint density at radius 3 is 2.47 bits per heavy atom. The normalized spacial score (nSPS) is 18.0.